The van der Waals surface area contributed by atoms with Crippen molar-refractivity contribution in [3.05, 3.63) is 35.1 Å². The number of benzene rings is 1. The molecule has 0 saturated heterocycles. The zero-order valence-electron chi connectivity index (χ0n) is 9.97. The first kappa shape index (κ1) is 13.3. The van der Waals surface area contributed by atoms with Gasteiger partial charge in [-0.1, -0.05) is 6.07 Å². The van der Waals surface area contributed by atoms with Gasteiger partial charge in [-0.2, -0.15) is 0 Å². The molecular weight excluding hydrogens is 245 g/mol. The van der Waals surface area contributed by atoms with Gasteiger partial charge in [0.25, 0.3) is 0 Å². The fraction of sp³-hybridized carbons (Fsp3) is 0.500. The van der Waals surface area contributed by atoms with E-state index in [2.05, 4.69) is 5.43 Å². The van der Waals surface area contributed by atoms with E-state index in [1.54, 1.807) is 0 Å². The third-order valence-corrected chi connectivity index (χ3v) is 3.68. The summed E-state index contributed by atoms with van der Waals surface area (Å²) >= 11 is 0. The lowest BCUT2D eigenvalue weighted by atomic mass is 9.72. The Labute approximate surface area is 103 Å². The minimum Gasteiger partial charge on any atom is -0.376 e. The van der Waals surface area contributed by atoms with Crippen molar-refractivity contribution in [3.63, 3.8) is 0 Å². The van der Waals surface area contributed by atoms with Crippen molar-refractivity contribution < 1.29 is 17.9 Å². The van der Waals surface area contributed by atoms with Gasteiger partial charge in [0.1, 0.15) is 0 Å². The predicted molar refractivity (Wildman–Crippen MR) is 60.0 cm³/mol. The van der Waals surface area contributed by atoms with Crippen molar-refractivity contribution in [1.29, 1.82) is 0 Å². The Morgan fingerprint density at radius 2 is 1.94 bits per heavy atom. The summed E-state index contributed by atoms with van der Waals surface area (Å²) in [5, 5.41) is 0. The van der Waals surface area contributed by atoms with Crippen LogP contribution in [0.4, 0.5) is 13.2 Å². The molecule has 18 heavy (non-hydrogen) atoms. The molecule has 2 rings (SSSR count). The molecule has 3 nitrogen and oxygen atoms in total. The fourth-order valence-electron chi connectivity index (χ4n) is 2.42. The Kier molecular flexibility index (Phi) is 3.61. The fourth-order valence-corrected chi connectivity index (χ4v) is 2.42. The summed E-state index contributed by atoms with van der Waals surface area (Å²) < 4.78 is 45.3. The van der Waals surface area contributed by atoms with Crippen LogP contribution < -0.4 is 11.3 Å². The van der Waals surface area contributed by atoms with E-state index in [9.17, 15) is 13.2 Å². The van der Waals surface area contributed by atoms with Crippen LogP contribution in [-0.2, 0) is 4.74 Å². The smallest absolute Gasteiger partial charge is 0.194 e. The summed E-state index contributed by atoms with van der Waals surface area (Å²) in [4.78, 5) is 0. The molecule has 1 aliphatic carbocycles. The van der Waals surface area contributed by atoms with Gasteiger partial charge in [-0.05, 0) is 25.3 Å². The molecule has 0 radical (unpaired) electrons. The summed E-state index contributed by atoms with van der Waals surface area (Å²) in [6.07, 6.45) is 2.31. The highest BCUT2D eigenvalue weighted by Gasteiger charge is 2.46. The SMILES string of the molecule is COC1(C(NN)c2ccc(F)c(F)c2F)CCC1. The minimum absolute atomic E-state index is 0.0158. The Morgan fingerprint density at radius 1 is 1.28 bits per heavy atom. The van der Waals surface area contributed by atoms with E-state index in [0.717, 1.165) is 12.5 Å². The standard InChI is InChI=1S/C12H15F3N2O/c1-18-12(5-2-6-12)11(17-16)7-3-4-8(13)10(15)9(7)14/h3-4,11,17H,2,5-6,16H2,1H3. The van der Waals surface area contributed by atoms with Gasteiger partial charge in [0.15, 0.2) is 17.5 Å². The van der Waals surface area contributed by atoms with Crippen LogP contribution in [0.5, 0.6) is 0 Å². The predicted octanol–water partition coefficient (Wildman–Crippen LogP) is 2.18. The average molecular weight is 260 g/mol. The Morgan fingerprint density at radius 3 is 2.39 bits per heavy atom. The zero-order valence-corrected chi connectivity index (χ0v) is 9.97. The number of hydrogen-bond acceptors (Lipinski definition) is 3. The van der Waals surface area contributed by atoms with Gasteiger partial charge in [-0.15, -0.1) is 0 Å². The largest absolute Gasteiger partial charge is 0.376 e. The molecule has 0 heterocycles. The van der Waals surface area contributed by atoms with Gasteiger partial charge < -0.3 is 4.74 Å². The molecule has 6 heteroatoms. The van der Waals surface area contributed by atoms with E-state index < -0.39 is 29.1 Å². The molecule has 1 fully saturated rings. The summed E-state index contributed by atoms with van der Waals surface area (Å²) in [5.41, 5.74) is 1.78. The van der Waals surface area contributed by atoms with Gasteiger partial charge in [0.05, 0.1) is 11.6 Å². The third-order valence-electron chi connectivity index (χ3n) is 3.68. The lowest BCUT2D eigenvalue weighted by Crippen LogP contribution is -2.52. The van der Waals surface area contributed by atoms with Crippen LogP contribution in [-0.4, -0.2) is 12.7 Å². The molecule has 3 N–H and O–H groups in total. The van der Waals surface area contributed by atoms with Gasteiger partial charge in [-0.3, -0.25) is 5.84 Å². The first-order valence-electron chi connectivity index (χ1n) is 5.70. The maximum absolute atomic E-state index is 13.8. The summed E-state index contributed by atoms with van der Waals surface area (Å²) in [5.74, 6) is 1.50. The van der Waals surface area contributed by atoms with Crippen molar-refractivity contribution in [2.45, 2.75) is 30.9 Å². The normalized spacial score (nSPS) is 19.4. The molecule has 1 aliphatic rings. The number of nitrogens with two attached hydrogens (primary N) is 1. The maximum Gasteiger partial charge on any atom is 0.194 e. The topological polar surface area (TPSA) is 47.3 Å². The van der Waals surface area contributed by atoms with Crippen molar-refractivity contribution >= 4 is 0 Å². The highest BCUT2D eigenvalue weighted by Crippen LogP contribution is 2.45. The second-order valence-electron chi connectivity index (χ2n) is 4.49. The van der Waals surface area contributed by atoms with Crippen LogP contribution >= 0.6 is 0 Å². The molecule has 1 unspecified atom stereocenters. The molecule has 1 saturated carbocycles. The molecule has 0 aromatic heterocycles. The van der Waals surface area contributed by atoms with Crippen LogP contribution in [0.3, 0.4) is 0 Å². The van der Waals surface area contributed by atoms with Crippen molar-refractivity contribution in [2.24, 2.45) is 5.84 Å². The van der Waals surface area contributed by atoms with Gasteiger partial charge in [0.2, 0.25) is 0 Å². The average Bonchev–Trinajstić information content (AvgIpc) is 2.32. The van der Waals surface area contributed by atoms with E-state index in [-0.39, 0.29) is 5.56 Å². The number of hydrogen-bond donors (Lipinski definition) is 2. The van der Waals surface area contributed by atoms with E-state index in [1.807, 2.05) is 0 Å². The van der Waals surface area contributed by atoms with E-state index in [0.29, 0.717) is 12.8 Å². The Balaban J connectivity index is 2.42. The number of halogens is 3. The molecule has 1 aromatic rings. The number of hydrazine groups is 1. The van der Waals surface area contributed by atoms with Crippen LogP contribution in [0, 0.1) is 17.5 Å². The molecule has 1 aromatic carbocycles. The second kappa shape index (κ2) is 4.87. The van der Waals surface area contributed by atoms with Crippen LogP contribution in [0.15, 0.2) is 12.1 Å². The van der Waals surface area contributed by atoms with Crippen molar-refractivity contribution in [3.8, 4) is 0 Å². The number of ether oxygens (including phenoxy) is 1. The van der Waals surface area contributed by atoms with Crippen LogP contribution in [0.25, 0.3) is 0 Å². The Bertz CT molecular complexity index is 444. The molecule has 0 aliphatic heterocycles. The second-order valence-corrected chi connectivity index (χ2v) is 4.49. The molecule has 0 bridgehead atoms. The maximum atomic E-state index is 13.8. The van der Waals surface area contributed by atoms with Gasteiger partial charge in [0, 0.05) is 12.7 Å². The summed E-state index contributed by atoms with van der Waals surface area (Å²) in [6, 6.07) is 1.38. The monoisotopic (exact) mass is 260 g/mol. The molecular formula is C12H15F3N2O. The van der Waals surface area contributed by atoms with Crippen molar-refractivity contribution in [1.82, 2.24) is 5.43 Å². The zero-order chi connectivity index (χ0) is 13.3. The highest BCUT2D eigenvalue weighted by molar-refractivity contribution is 5.27. The quantitative estimate of drug-likeness (QED) is 0.495. The summed E-state index contributed by atoms with van der Waals surface area (Å²) in [6.45, 7) is 0. The molecule has 100 valence electrons. The van der Waals surface area contributed by atoms with Gasteiger partial charge in [-0.25, -0.2) is 18.6 Å². The highest BCUT2D eigenvalue weighted by atomic mass is 19.2. The van der Waals surface area contributed by atoms with E-state index in [1.165, 1.54) is 13.2 Å². The van der Waals surface area contributed by atoms with Crippen LogP contribution in [0.2, 0.25) is 0 Å². The number of nitrogens with one attached hydrogen (secondary N) is 1. The first-order chi connectivity index (χ1) is 8.55. The summed E-state index contributed by atoms with van der Waals surface area (Å²) in [7, 11) is 1.50. The molecule has 0 spiro atoms. The Hall–Kier alpha value is -1.11. The van der Waals surface area contributed by atoms with Crippen molar-refractivity contribution in [2.75, 3.05) is 7.11 Å². The lowest BCUT2D eigenvalue weighted by molar-refractivity contribution is -0.101. The molecule has 1 atom stereocenters. The van der Waals surface area contributed by atoms with E-state index in [4.69, 9.17) is 10.6 Å². The molecule has 0 amide bonds. The lowest BCUT2D eigenvalue weighted by Gasteiger charge is -2.46. The third kappa shape index (κ3) is 1.90. The van der Waals surface area contributed by atoms with E-state index >= 15 is 0 Å². The first-order valence-corrected chi connectivity index (χ1v) is 5.70. The van der Waals surface area contributed by atoms with Crippen LogP contribution in [0.1, 0.15) is 30.9 Å². The number of rotatable bonds is 4. The number of methoxy groups -OCH3 is 1. The van der Waals surface area contributed by atoms with Gasteiger partial charge >= 0.3 is 0 Å². The minimum atomic E-state index is -1.49.